The number of hydrogen-bond donors (Lipinski definition) is 0. The molecule has 0 aliphatic heterocycles. The molecule has 0 bridgehead atoms. The maximum Gasteiger partial charge on any atom is 0.216 e. The summed E-state index contributed by atoms with van der Waals surface area (Å²) in [6, 6.07) is 36.6. The minimum atomic E-state index is -2.09. The van der Waals surface area contributed by atoms with E-state index in [9.17, 15) is 0 Å². The summed E-state index contributed by atoms with van der Waals surface area (Å²) >= 11 is 0. The number of benzene rings is 3. The minimum Gasteiger partial charge on any atom is -0.486 e. The zero-order valence-corrected chi connectivity index (χ0v) is 27.4. The maximum atomic E-state index is 8.64. The molecule has 7 aromatic rings. The van der Waals surface area contributed by atoms with Crippen molar-refractivity contribution in [3.05, 3.63) is 150 Å². The first-order valence-corrected chi connectivity index (χ1v) is 14.3. The average molecular weight is 773 g/mol. The van der Waals surface area contributed by atoms with Crippen LogP contribution in [0.25, 0.3) is 44.6 Å². The molecule has 0 spiro atoms. The van der Waals surface area contributed by atoms with Gasteiger partial charge in [-0.25, -0.2) is 4.98 Å². The van der Waals surface area contributed by atoms with E-state index in [1.807, 2.05) is 57.2 Å². The Balaban J connectivity index is 0.000000258. The third-order valence-corrected chi connectivity index (χ3v) is 6.63. The van der Waals surface area contributed by atoms with Crippen LogP contribution < -0.4 is 0 Å². The summed E-state index contributed by atoms with van der Waals surface area (Å²) in [7, 11) is 0. The maximum absolute atomic E-state index is 8.64. The van der Waals surface area contributed by atoms with Crippen LogP contribution in [0.3, 0.4) is 0 Å². The summed E-state index contributed by atoms with van der Waals surface area (Å²) in [6.45, 7) is 3.52. The molecule has 45 heavy (non-hydrogen) atoms. The normalized spacial score (nSPS) is 14.3. The van der Waals surface area contributed by atoms with Crippen molar-refractivity contribution in [1.29, 1.82) is 0 Å². The zero-order chi connectivity index (χ0) is 36.6. The van der Waals surface area contributed by atoms with Gasteiger partial charge in [-0.05, 0) is 59.4 Å². The van der Waals surface area contributed by atoms with E-state index in [-0.39, 0.29) is 31.4 Å². The van der Waals surface area contributed by atoms with Crippen molar-refractivity contribution in [3.8, 4) is 22.5 Å². The van der Waals surface area contributed by atoms with E-state index in [1.54, 1.807) is 72.9 Å². The second-order valence-electron chi connectivity index (χ2n) is 11.3. The first kappa shape index (κ1) is 23.9. The molecule has 4 nitrogen and oxygen atoms in total. The van der Waals surface area contributed by atoms with Crippen molar-refractivity contribution in [3.63, 3.8) is 0 Å². The predicted molar refractivity (Wildman–Crippen MR) is 179 cm³/mol. The van der Waals surface area contributed by atoms with Crippen LogP contribution in [0.15, 0.2) is 120 Å². The first-order valence-electron chi connectivity index (χ1n) is 17.8. The Labute approximate surface area is 288 Å². The van der Waals surface area contributed by atoms with Gasteiger partial charge in [0.25, 0.3) is 0 Å². The van der Waals surface area contributed by atoms with Crippen molar-refractivity contribution in [2.75, 3.05) is 0 Å². The Morgan fingerprint density at radius 2 is 1.64 bits per heavy atom. The molecule has 3 aromatic carbocycles. The van der Waals surface area contributed by atoms with Crippen molar-refractivity contribution >= 4 is 22.1 Å². The van der Waals surface area contributed by atoms with E-state index in [2.05, 4.69) is 27.1 Å². The predicted octanol–water partition coefficient (Wildman–Crippen LogP) is 9.88. The van der Waals surface area contributed by atoms with Crippen LogP contribution in [0.2, 0.25) is 0 Å². The van der Waals surface area contributed by atoms with Gasteiger partial charge < -0.3 is 14.4 Å². The molecule has 4 aromatic heterocycles. The summed E-state index contributed by atoms with van der Waals surface area (Å²) in [5.74, 6) is 0. The molecule has 0 amide bonds. The van der Waals surface area contributed by atoms with Gasteiger partial charge in [-0.2, -0.15) is 0 Å². The van der Waals surface area contributed by atoms with Gasteiger partial charge in [-0.15, -0.1) is 54.1 Å². The van der Waals surface area contributed by atoms with Gasteiger partial charge in [0.15, 0.2) is 0 Å². The van der Waals surface area contributed by atoms with Gasteiger partial charge in [0.05, 0.1) is 5.58 Å². The van der Waals surface area contributed by atoms with Gasteiger partial charge in [0.2, 0.25) is 5.71 Å². The van der Waals surface area contributed by atoms with Gasteiger partial charge >= 0.3 is 0 Å². The molecule has 4 heterocycles. The van der Waals surface area contributed by atoms with E-state index in [0.29, 0.717) is 33.7 Å². The topological polar surface area (TPSA) is 51.8 Å². The van der Waals surface area contributed by atoms with Crippen molar-refractivity contribution < 1.29 is 34.1 Å². The summed E-state index contributed by atoms with van der Waals surface area (Å²) in [5, 5.41) is 1.59. The number of fused-ring (bicyclic) bond motifs is 3. The molecule has 227 valence electrons. The molecule has 0 aliphatic rings. The zero-order valence-electron chi connectivity index (χ0n) is 32.1. The molecule has 1 radical (unpaired) electrons. The molecule has 0 N–H and O–H groups in total. The monoisotopic (exact) mass is 773 g/mol. The summed E-state index contributed by atoms with van der Waals surface area (Å²) in [5.41, 5.74) is 4.60. The summed E-state index contributed by atoms with van der Waals surface area (Å²) < 4.78 is 62.4. The fourth-order valence-electron chi connectivity index (χ4n) is 4.74. The van der Waals surface area contributed by atoms with E-state index in [0.717, 1.165) is 22.0 Å². The summed E-state index contributed by atoms with van der Waals surface area (Å²) in [6.07, 6.45) is -0.346. The molecule has 7 rings (SSSR count). The minimum absolute atomic E-state index is 0. The third kappa shape index (κ3) is 7.99. The van der Waals surface area contributed by atoms with Crippen LogP contribution in [0.5, 0.6) is 0 Å². The van der Waals surface area contributed by atoms with Crippen LogP contribution in [-0.4, -0.2) is 15.0 Å². The Morgan fingerprint density at radius 1 is 0.800 bits per heavy atom. The Morgan fingerprint density at radius 3 is 2.38 bits per heavy atom. The van der Waals surface area contributed by atoms with Gasteiger partial charge in [0, 0.05) is 59.5 Å². The Hall–Kier alpha value is -4.44. The quantitative estimate of drug-likeness (QED) is 0.164. The molecule has 0 saturated heterocycles. The largest absolute Gasteiger partial charge is 0.486 e. The van der Waals surface area contributed by atoms with Crippen LogP contribution in [0, 0.1) is 24.4 Å². The van der Waals surface area contributed by atoms with Crippen molar-refractivity contribution in [2.24, 2.45) is 5.41 Å². The number of aromatic nitrogens is 3. The number of aryl methyl sites for hydroxylation is 1. The number of hydrogen-bond acceptors (Lipinski definition) is 4. The second-order valence-corrected chi connectivity index (χ2v) is 11.3. The molecule has 0 atom stereocenters. The molecular weight excluding hydrogens is 731 g/mol. The van der Waals surface area contributed by atoms with Gasteiger partial charge in [-0.1, -0.05) is 85.8 Å². The molecule has 0 saturated carbocycles. The molecule has 0 fully saturated rings. The van der Waals surface area contributed by atoms with E-state index >= 15 is 0 Å². The van der Waals surface area contributed by atoms with Crippen LogP contribution >= 0.6 is 0 Å². The fraction of sp³-hybridized carbons (Fsp3) is 0.175. The smallest absolute Gasteiger partial charge is 0.216 e. The SMILES string of the molecule is [2H]C([2H])([2H])c1ccc(-c2[c-]cccc2)nc1.[2H]C([2H])(c1ccccc1)c1ccc2c(n1)oc1c(-c3cc(C([2H])([2H])C(C)(C)C)ccn3)[c-]ccc12.[Ir]. The molecule has 5 heteroatoms. The van der Waals surface area contributed by atoms with E-state index in [4.69, 9.17) is 14.0 Å². The number of rotatable bonds is 5. The van der Waals surface area contributed by atoms with Gasteiger partial charge in [-0.3, -0.25) is 0 Å². The molecule has 0 aliphatic carbocycles. The van der Waals surface area contributed by atoms with E-state index < -0.39 is 25.0 Å². The Kier molecular flexibility index (Phi) is 7.49. The molecule has 0 unspecified atom stereocenters. The second kappa shape index (κ2) is 14.1. The van der Waals surface area contributed by atoms with Crippen molar-refractivity contribution in [1.82, 2.24) is 15.0 Å². The van der Waals surface area contributed by atoms with Crippen LogP contribution in [0.1, 0.15) is 52.8 Å². The standard InChI is InChI=1S/C28H25N2O.C12H10N.Ir/c1-28(2,3)18-20-14-15-29-25(17-20)24-11-7-10-22-23-13-12-21(30-27(23)31-26(22)24)16-19-8-5-4-6-9-19;1-10-7-8-12(13-9-10)11-5-3-2-4-6-11;/h4-10,12-15,17H,16,18H2,1-3H3;2-5,7-9H,1H3;/q2*-1;/i16D2,18D2;1D3;. The average Bonchev–Trinajstić information content (AvgIpc) is 3.50. The Bertz CT molecular complexity index is 2290. The van der Waals surface area contributed by atoms with Crippen LogP contribution in [-0.2, 0) is 32.9 Å². The third-order valence-electron chi connectivity index (χ3n) is 6.63. The summed E-state index contributed by atoms with van der Waals surface area (Å²) in [4.78, 5) is 13.2. The number of nitrogens with zero attached hydrogens (tertiary/aromatic N) is 3. The van der Waals surface area contributed by atoms with Crippen LogP contribution in [0.4, 0.5) is 0 Å². The van der Waals surface area contributed by atoms with Crippen molar-refractivity contribution in [2.45, 2.75) is 40.4 Å². The van der Waals surface area contributed by atoms with E-state index in [1.165, 1.54) is 6.20 Å². The number of pyridine rings is 3. The fourth-order valence-corrected chi connectivity index (χ4v) is 4.74. The number of furan rings is 1. The first-order chi connectivity index (χ1) is 24.1. The van der Waals surface area contributed by atoms with Gasteiger partial charge in [0.1, 0.15) is 0 Å². The molecular formula is C40H35IrN3O-2.